The molecule has 1 atom stereocenters. The smallest absolute Gasteiger partial charge is 0.308 e. The van der Waals surface area contributed by atoms with Gasteiger partial charge in [0, 0.05) is 25.1 Å². The number of carbonyl (C=O) groups is 2. The summed E-state index contributed by atoms with van der Waals surface area (Å²) >= 11 is 0. The summed E-state index contributed by atoms with van der Waals surface area (Å²) in [7, 11) is 0. The van der Waals surface area contributed by atoms with Crippen molar-refractivity contribution < 1.29 is 19.6 Å². The van der Waals surface area contributed by atoms with Crippen LogP contribution in [-0.2, 0) is 9.59 Å². The lowest BCUT2D eigenvalue weighted by Crippen LogP contribution is -2.26. The third kappa shape index (κ3) is 2.32. The molecule has 8 nitrogen and oxygen atoms in total. The van der Waals surface area contributed by atoms with Gasteiger partial charge in [0.1, 0.15) is 0 Å². The van der Waals surface area contributed by atoms with E-state index >= 15 is 0 Å². The van der Waals surface area contributed by atoms with E-state index in [1.807, 2.05) is 0 Å². The van der Waals surface area contributed by atoms with Gasteiger partial charge in [0.2, 0.25) is 5.91 Å². The lowest BCUT2D eigenvalue weighted by Gasteiger charge is -2.17. The molecule has 1 aromatic rings. The van der Waals surface area contributed by atoms with Crippen LogP contribution in [0.1, 0.15) is 6.42 Å². The quantitative estimate of drug-likeness (QED) is 0.468. The monoisotopic (exact) mass is 265 g/mol. The number of non-ortho nitro benzene ring substituents is 1. The van der Waals surface area contributed by atoms with Crippen LogP contribution >= 0.6 is 0 Å². The molecule has 1 aliphatic heterocycles. The summed E-state index contributed by atoms with van der Waals surface area (Å²) in [5, 5.41) is 19.6. The Bertz CT molecular complexity index is 571. The number of nitro groups is 1. The highest BCUT2D eigenvalue weighted by Gasteiger charge is 2.36. The van der Waals surface area contributed by atoms with Crippen molar-refractivity contribution in [2.24, 2.45) is 5.92 Å². The molecule has 1 saturated heterocycles. The van der Waals surface area contributed by atoms with Crippen LogP contribution in [0.5, 0.6) is 0 Å². The van der Waals surface area contributed by atoms with Crippen molar-refractivity contribution in [1.82, 2.24) is 0 Å². The minimum absolute atomic E-state index is 0.0282. The number of hydrogen-bond acceptors (Lipinski definition) is 5. The number of amides is 1. The summed E-state index contributed by atoms with van der Waals surface area (Å²) in [6.45, 7) is -0.0282. The molecule has 0 spiro atoms. The van der Waals surface area contributed by atoms with Crippen molar-refractivity contribution in [2.45, 2.75) is 6.42 Å². The fourth-order valence-electron chi connectivity index (χ4n) is 1.99. The van der Waals surface area contributed by atoms with Crippen LogP contribution in [0.2, 0.25) is 0 Å². The SMILES string of the molecule is Nc1ccc([N+](=O)[O-])cc1N1CC(C(=O)O)CC1=O. The number of aliphatic carboxylic acids is 1. The normalized spacial score (nSPS) is 18.6. The topological polar surface area (TPSA) is 127 Å². The molecule has 3 N–H and O–H groups in total. The highest BCUT2D eigenvalue weighted by molar-refractivity contribution is 6.01. The zero-order chi connectivity index (χ0) is 14.2. The first-order valence-electron chi connectivity index (χ1n) is 5.47. The van der Waals surface area contributed by atoms with Crippen LogP contribution in [0.3, 0.4) is 0 Å². The average molecular weight is 265 g/mol. The summed E-state index contributed by atoms with van der Waals surface area (Å²) in [4.78, 5) is 33.9. The Balaban J connectivity index is 2.36. The molecule has 0 aliphatic carbocycles. The van der Waals surface area contributed by atoms with E-state index in [0.717, 1.165) is 0 Å². The predicted octanol–water partition coefficient (Wildman–Crippen LogP) is 0.614. The maximum Gasteiger partial charge on any atom is 0.308 e. The van der Waals surface area contributed by atoms with Crippen LogP contribution < -0.4 is 10.6 Å². The van der Waals surface area contributed by atoms with E-state index in [0.29, 0.717) is 0 Å². The first-order chi connectivity index (χ1) is 8.90. The summed E-state index contributed by atoms with van der Waals surface area (Å²) in [5.41, 5.74) is 5.87. The van der Waals surface area contributed by atoms with Gasteiger partial charge in [0.25, 0.3) is 5.69 Å². The van der Waals surface area contributed by atoms with Crippen molar-refractivity contribution in [3.8, 4) is 0 Å². The Labute approximate surface area is 107 Å². The molecule has 0 saturated carbocycles. The van der Waals surface area contributed by atoms with Crippen molar-refractivity contribution in [1.29, 1.82) is 0 Å². The highest BCUT2D eigenvalue weighted by Crippen LogP contribution is 2.32. The molecule has 8 heteroatoms. The molecule has 1 unspecified atom stereocenters. The molecule has 100 valence electrons. The van der Waals surface area contributed by atoms with Crippen molar-refractivity contribution in [3.63, 3.8) is 0 Å². The fourth-order valence-corrected chi connectivity index (χ4v) is 1.99. The lowest BCUT2D eigenvalue weighted by molar-refractivity contribution is -0.384. The first kappa shape index (κ1) is 12.8. The third-order valence-corrected chi connectivity index (χ3v) is 2.99. The summed E-state index contributed by atoms with van der Waals surface area (Å²) < 4.78 is 0. The maximum absolute atomic E-state index is 11.8. The lowest BCUT2D eigenvalue weighted by atomic mass is 10.1. The number of carboxylic acids is 1. The number of benzene rings is 1. The average Bonchev–Trinajstić information content (AvgIpc) is 2.72. The summed E-state index contributed by atoms with van der Waals surface area (Å²) in [6.07, 6.45) is -0.128. The Hall–Kier alpha value is -2.64. The molecular weight excluding hydrogens is 254 g/mol. The van der Waals surface area contributed by atoms with Gasteiger partial charge < -0.3 is 15.7 Å². The largest absolute Gasteiger partial charge is 0.481 e. The highest BCUT2D eigenvalue weighted by atomic mass is 16.6. The maximum atomic E-state index is 11.8. The fraction of sp³-hybridized carbons (Fsp3) is 0.273. The van der Waals surface area contributed by atoms with Gasteiger partial charge in [-0.1, -0.05) is 0 Å². The number of nitrogens with zero attached hydrogens (tertiary/aromatic N) is 2. The molecule has 0 aromatic heterocycles. The molecule has 1 aromatic carbocycles. The van der Waals surface area contributed by atoms with Gasteiger partial charge in [-0.05, 0) is 6.07 Å². The molecule has 2 rings (SSSR count). The van der Waals surface area contributed by atoms with Crippen LogP contribution in [-0.4, -0.2) is 28.5 Å². The van der Waals surface area contributed by atoms with Crippen molar-refractivity contribution >= 4 is 28.9 Å². The van der Waals surface area contributed by atoms with Gasteiger partial charge >= 0.3 is 5.97 Å². The van der Waals surface area contributed by atoms with Gasteiger partial charge in [-0.15, -0.1) is 0 Å². The summed E-state index contributed by atoms with van der Waals surface area (Å²) in [5.74, 6) is -2.29. The Morgan fingerprint density at radius 3 is 2.74 bits per heavy atom. The number of anilines is 2. The van der Waals surface area contributed by atoms with Crippen LogP contribution in [0, 0.1) is 16.0 Å². The number of hydrogen-bond donors (Lipinski definition) is 2. The molecule has 19 heavy (non-hydrogen) atoms. The number of carbonyl (C=O) groups excluding carboxylic acids is 1. The molecule has 1 heterocycles. The molecule has 1 amide bonds. The first-order valence-corrected chi connectivity index (χ1v) is 5.47. The van der Waals surface area contributed by atoms with Gasteiger partial charge in [-0.3, -0.25) is 19.7 Å². The molecule has 1 aliphatic rings. The number of nitrogens with two attached hydrogens (primary N) is 1. The zero-order valence-electron chi connectivity index (χ0n) is 9.78. The molecule has 1 fully saturated rings. The number of nitrogen functional groups attached to an aromatic ring is 1. The molecule has 0 bridgehead atoms. The Morgan fingerprint density at radius 2 is 2.21 bits per heavy atom. The van der Waals surface area contributed by atoms with E-state index in [-0.39, 0.29) is 30.0 Å². The zero-order valence-corrected chi connectivity index (χ0v) is 9.78. The standard InChI is InChI=1S/C11H11N3O5/c12-8-2-1-7(14(18)19)4-9(8)13-5-6(11(16)17)3-10(13)15/h1-2,4,6H,3,5,12H2,(H,16,17). The number of carboxylic acid groups (broad SMARTS) is 1. The Morgan fingerprint density at radius 1 is 1.53 bits per heavy atom. The van der Waals surface area contributed by atoms with Crippen LogP contribution in [0.15, 0.2) is 18.2 Å². The van der Waals surface area contributed by atoms with Crippen molar-refractivity contribution in [2.75, 3.05) is 17.2 Å². The molecular formula is C11H11N3O5. The Kier molecular flexibility index (Phi) is 3.07. The van der Waals surface area contributed by atoms with E-state index in [1.54, 1.807) is 0 Å². The minimum Gasteiger partial charge on any atom is -0.481 e. The van der Waals surface area contributed by atoms with E-state index in [2.05, 4.69) is 0 Å². The minimum atomic E-state index is -1.07. The number of rotatable bonds is 3. The predicted molar refractivity (Wildman–Crippen MR) is 65.6 cm³/mol. The third-order valence-electron chi connectivity index (χ3n) is 2.99. The van der Waals surface area contributed by atoms with E-state index in [9.17, 15) is 19.7 Å². The van der Waals surface area contributed by atoms with Gasteiger partial charge in [-0.25, -0.2) is 0 Å². The van der Waals surface area contributed by atoms with Gasteiger partial charge in [0.05, 0.1) is 22.2 Å². The second-order valence-corrected chi connectivity index (χ2v) is 4.24. The van der Waals surface area contributed by atoms with Crippen molar-refractivity contribution in [3.05, 3.63) is 28.3 Å². The van der Waals surface area contributed by atoms with E-state index < -0.39 is 22.7 Å². The van der Waals surface area contributed by atoms with Crippen LogP contribution in [0.4, 0.5) is 17.1 Å². The van der Waals surface area contributed by atoms with Crippen LogP contribution in [0.25, 0.3) is 0 Å². The van der Waals surface area contributed by atoms with Gasteiger partial charge in [-0.2, -0.15) is 0 Å². The second-order valence-electron chi connectivity index (χ2n) is 4.24. The summed E-state index contributed by atoms with van der Waals surface area (Å²) in [6, 6.07) is 3.74. The number of nitro benzene ring substituents is 1. The molecule has 0 radical (unpaired) electrons. The van der Waals surface area contributed by atoms with E-state index in [1.165, 1.54) is 23.1 Å². The second kappa shape index (κ2) is 4.56. The van der Waals surface area contributed by atoms with E-state index in [4.69, 9.17) is 10.8 Å². The van der Waals surface area contributed by atoms with Gasteiger partial charge in [0.15, 0.2) is 0 Å².